The van der Waals surface area contributed by atoms with Gasteiger partial charge in [-0.2, -0.15) is 9.57 Å². The van der Waals surface area contributed by atoms with Crippen molar-refractivity contribution in [3.05, 3.63) is 41.2 Å². The van der Waals surface area contributed by atoms with Gasteiger partial charge >= 0.3 is 0 Å². The Labute approximate surface area is 201 Å². The minimum absolute atomic E-state index is 0.0917. The quantitative estimate of drug-likeness (QED) is 0.547. The Hall–Kier alpha value is -2.44. The summed E-state index contributed by atoms with van der Waals surface area (Å²) in [6.07, 6.45) is 8.19. The predicted molar refractivity (Wildman–Crippen MR) is 128 cm³/mol. The monoisotopic (exact) mass is 488 g/mol. The average Bonchev–Trinajstić information content (AvgIpc) is 3.29. The summed E-state index contributed by atoms with van der Waals surface area (Å²) in [6, 6.07) is 6.01. The van der Waals surface area contributed by atoms with Gasteiger partial charge in [0.05, 0.1) is 4.90 Å². The van der Waals surface area contributed by atoms with Crippen LogP contribution in [-0.2, 0) is 10.0 Å². The van der Waals surface area contributed by atoms with Gasteiger partial charge < -0.3 is 9.32 Å². The van der Waals surface area contributed by atoms with E-state index in [1.807, 2.05) is 4.90 Å². The lowest BCUT2D eigenvalue weighted by atomic mass is 9.80. The first kappa shape index (κ1) is 24.7. The van der Waals surface area contributed by atoms with Crippen LogP contribution in [0.2, 0.25) is 0 Å². The maximum atomic E-state index is 13.6. The summed E-state index contributed by atoms with van der Waals surface area (Å²) in [5, 5.41) is 9.64. The van der Waals surface area contributed by atoms with E-state index in [9.17, 15) is 18.1 Å². The Bertz CT molecular complexity index is 1140. The molecule has 1 saturated heterocycles. The van der Waals surface area contributed by atoms with Gasteiger partial charge in [-0.25, -0.2) is 17.8 Å². The standard InChI is InChI=1S/C25H33FN4O3S/c1-3-4-5-19-6-8-20(9-7-19)24-28-23(17-27)25(33-24)29-12-14-30(15-13-29)34(31,32)21-10-11-22(26)18(2)16-21/h10-11,16,19-20H,3-9,12-15H2,1-2H3. The van der Waals surface area contributed by atoms with E-state index in [-0.39, 0.29) is 29.6 Å². The minimum atomic E-state index is -3.72. The van der Waals surface area contributed by atoms with E-state index < -0.39 is 15.8 Å². The summed E-state index contributed by atoms with van der Waals surface area (Å²) in [5.41, 5.74) is 0.570. The molecule has 0 N–H and O–H groups in total. The van der Waals surface area contributed by atoms with Gasteiger partial charge in [0.15, 0.2) is 0 Å². The highest BCUT2D eigenvalue weighted by Crippen LogP contribution is 2.39. The van der Waals surface area contributed by atoms with Crippen molar-refractivity contribution in [2.75, 3.05) is 31.1 Å². The number of sulfonamides is 1. The minimum Gasteiger partial charge on any atom is -0.423 e. The van der Waals surface area contributed by atoms with Crippen LogP contribution in [0.25, 0.3) is 0 Å². The fourth-order valence-corrected chi connectivity index (χ4v) is 6.55. The van der Waals surface area contributed by atoms with Crippen LogP contribution in [0.5, 0.6) is 0 Å². The van der Waals surface area contributed by atoms with Crippen LogP contribution < -0.4 is 4.90 Å². The number of hydrogen-bond donors (Lipinski definition) is 0. The number of hydrogen-bond acceptors (Lipinski definition) is 6. The van der Waals surface area contributed by atoms with E-state index in [2.05, 4.69) is 18.0 Å². The highest BCUT2D eigenvalue weighted by atomic mass is 32.2. The molecule has 0 amide bonds. The molecule has 0 atom stereocenters. The summed E-state index contributed by atoms with van der Waals surface area (Å²) < 4.78 is 47.1. The van der Waals surface area contributed by atoms with Crippen molar-refractivity contribution in [2.45, 2.75) is 69.6 Å². The third kappa shape index (κ3) is 5.13. The molecule has 34 heavy (non-hydrogen) atoms. The van der Waals surface area contributed by atoms with Crippen molar-refractivity contribution in [3.63, 3.8) is 0 Å². The van der Waals surface area contributed by atoms with Crippen LogP contribution in [0.4, 0.5) is 10.3 Å². The second kappa shape index (κ2) is 10.4. The second-order valence-electron chi connectivity index (χ2n) is 9.48. The van der Waals surface area contributed by atoms with Crippen molar-refractivity contribution < 1.29 is 17.2 Å². The number of benzene rings is 1. The van der Waals surface area contributed by atoms with Crippen LogP contribution in [0, 0.1) is 30.0 Å². The SMILES string of the molecule is CCCCC1CCC(c2nc(C#N)c(N3CCN(S(=O)(=O)c4ccc(F)c(C)c4)CC3)o2)CC1. The molecular formula is C25H33FN4O3S. The Balaban J connectivity index is 1.41. The molecule has 2 fully saturated rings. The molecule has 2 aliphatic rings. The Morgan fingerprint density at radius 3 is 2.50 bits per heavy atom. The molecule has 2 aromatic rings. The first-order valence-corrected chi connectivity index (χ1v) is 13.7. The normalized spacial score (nSPS) is 22.0. The van der Waals surface area contributed by atoms with E-state index in [0.717, 1.165) is 18.8 Å². The lowest BCUT2D eigenvalue weighted by molar-refractivity contribution is 0.276. The van der Waals surface area contributed by atoms with Gasteiger partial charge in [0, 0.05) is 32.1 Å². The van der Waals surface area contributed by atoms with Gasteiger partial charge in [0.1, 0.15) is 11.9 Å². The van der Waals surface area contributed by atoms with Gasteiger partial charge in [0.25, 0.3) is 0 Å². The fourth-order valence-electron chi connectivity index (χ4n) is 5.04. The first-order valence-electron chi connectivity index (χ1n) is 12.3. The summed E-state index contributed by atoms with van der Waals surface area (Å²) in [7, 11) is -3.72. The molecule has 0 spiro atoms. The summed E-state index contributed by atoms with van der Waals surface area (Å²) in [4.78, 5) is 6.51. The topological polar surface area (TPSA) is 90.4 Å². The molecule has 9 heteroatoms. The maximum absolute atomic E-state index is 13.6. The average molecular weight is 489 g/mol. The predicted octanol–water partition coefficient (Wildman–Crippen LogP) is 4.97. The first-order chi connectivity index (χ1) is 16.3. The number of piperazine rings is 1. The molecule has 0 bridgehead atoms. The van der Waals surface area contributed by atoms with Crippen molar-refractivity contribution >= 4 is 15.9 Å². The number of unbranched alkanes of at least 4 members (excludes halogenated alkanes) is 1. The number of oxazole rings is 1. The molecule has 1 aromatic heterocycles. The molecule has 4 rings (SSSR count). The molecule has 1 saturated carbocycles. The van der Waals surface area contributed by atoms with Crippen molar-refractivity contribution in [2.24, 2.45) is 5.92 Å². The summed E-state index contributed by atoms with van der Waals surface area (Å²) in [6.45, 7) is 5.07. The van der Waals surface area contributed by atoms with Crippen LogP contribution in [0.15, 0.2) is 27.5 Å². The number of halogens is 1. The molecule has 1 aliphatic heterocycles. The highest BCUT2D eigenvalue weighted by Gasteiger charge is 2.33. The number of aromatic nitrogens is 1. The van der Waals surface area contributed by atoms with Gasteiger partial charge in [-0.3, -0.25) is 0 Å². The van der Waals surface area contributed by atoms with E-state index in [0.29, 0.717) is 30.4 Å². The Morgan fingerprint density at radius 2 is 1.88 bits per heavy atom. The van der Waals surface area contributed by atoms with Gasteiger partial charge in [-0.1, -0.05) is 26.2 Å². The maximum Gasteiger partial charge on any atom is 0.243 e. The van der Waals surface area contributed by atoms with Gasteiger partial charge in [-0.15, -0.1) is 0 Å². The van der Waals surface area contributed by atoms with E-state index >= 15 is 0 Å². The van der Waals surface area contributed by atoms with E-state index in [1.54, 1.807) is 6.92 Å². The van der Waals surface area contributed by atoms with Crippen LogP contribution in [0.3, 0.4) is 0 Å². The van der Waals surface area contributed by atoms with Crippen molar-refractivity contribution in [1.82, 2.24) is 9.29 Å². The van der Waals surface area contributed by atoms with Crippen LogP contribution in [0.1, 0.15) is 74.9 Å². The number of nitriles is 1. The number of anilines is 1. The summed E-state index contributed by atoms with van der Waals surface area (Å²) >= 11 is 0. The number of aryl methyl sites for hydroxylation is 1. The smallest absolute Gasteiger partial charge is 0.243 e. The molecule has 184 valence electrons. The molecule has 1 aliphatic carbocycles. The highest BCUT2D eigenvalue weighted by molar-refractivity contribution is 7.89. The molecular weight excluding hydrogens is 455 g/mol. The number of nitrogens with zero attached hydrogens (tertiary/aromatic N) is 4. The molecule has 7 nitrogen and oxygen atoms in total. The van der Waals surface area contributed by atoms with Crippen molar-refractivity contribution in [3.8, 4) is 6.07 Å². The zero-order chi connectivity index (χ0) is 24.3. The summed E-state index contributed by atoms with van der Waals surface area (Å²) in [5.74, 6) is 1.67. The lowest BCUT2D eigenvalue weighted by Gasteiger charge is -2.33. The molecule has 0 unspecified atom stereocenters. The van der Waals surface area contributed by atoms with E-state index in [4.69, 9.17) is 4.42 Å². The third-order valence-corrected chi connectivity index (χ3v) is 9.08. The van der Waals surface area contributed by atoms with E-state index in [1.165, 1.54) is 54.6 Å². The Kier molecular flexibility index (Phi) is 7.58. The number of rotatable bonds is 7. The Morgan fingerprint density at radius 1 is 1.18 bits per heavy atom. The largest absolute Gasteiger partial charge is 0.423 e. The fraction of sp³-hybridized carbons (Fsp3) is 0.600. The second-order valence-corrected chi connectivity index (χ2v) is 11.4. The van der Waals surface area contributed by atoms with Crippen LogP contribution in [-0.4, -0.2) is 43.9 Å². The van der Waals surface area contributed by atoms with Crippen molar-refractivity contribution in [1.29, 1.82) is 5.26 Å². The van der Waals surface area contributed by atoms with Gasteiger partial charge in [0.2, 0.25) is 27.5 Å². The molecule has 1 aromatic carbocycles. The molecule has 2 heterocycles. The lowest BCUT2D eigenvalue weighted by Crippen LogP contribution is -2.48. The van der Waals surface area contributed by atoms with Crippen LogP contribution >= 0.6 is 0 Å². The third-order valence-electron chi connectivity index (χ3n) is 7.19. The van der Waals surface area contributed by atoms with Gasteiger partial charge in [-0.05, 0) is 62.3 Å². The molecule has 0 radical (unpaired) electrons. The zero-order valence-corrected chi connectivity index (χ0v) is 20.8. The zero-order valence-electron chi connectivity index (χ0n) is 20.0.